The summed E-state index contributed by atoms with van der Waals surface area (Å²) in [5.74, 6) is 0. The van der Waals surface area contributed by atoms with E-state index in [1.165, 1.54) is 125 Å². The van der Waals surface area contributed by atoms with E-state index in [-0.39, 0.29) is 5.41 Å². The zero-order valence-electron chi connectivity index (χ0n) is 32.9. The molecule has 0 saturated heterocycles. The molecule has 0 aliphatic rings. The Bertz CT molecular complexity index is 3540. The van der Waals surface area contributed by atoms with Gasteiger partial charge in [-0.05, 0) is 155 Å². The van der Waals surface area contributed by atoms with Crippen molar-refractivity contribution in [1.82, 2.24) is 0 Å². The molecule has 0 atom stereocenters. The zero-order chi connectivity index (χ0) is 38.7. The standard InChI is InChI=1S/C58H40/c1-58(2,3)39-31-48-47-34-50-52-44(25-16-26-45(52)54-40(35-17-8-4-9-18-35)27-28-42(56(50)54)37-21-12-6-13-22-37)46(47)33-51-53(48)49(32-39)55-41(36-19-10-5-11-20-36)29-30-43(57(51)55)38-23-14-7-15-24-38/h4-34H,1-3H3. The van der Waals surface area contributed by atoms with Crippen LogP contribution in [0.4, 0.5) is 0 Å². The van der Waals surface area contributed by atoms with E-state index in [1.807, 2.05) is 0 Å². The van der Waals surface area contributed by atoms with Crippen molar-refractivity contribution in [1.29, 1.82) is 0 Å². The molecule has 0 radical (unpaired) electrons. The molecule has 0 aromatic heterocycles. The van der Waals surface area contributed by atoms with Crippen LogP contribution >= 0.6 is 0 Å². The number of hydrogen-bond acceptors (Lipinski definition) is 0. The lowest BCUT2D eigenvalue weighted by Gasteiger charge is -2.21. The lowest BCUT2D eigenvalue weighted by atomic mass is 9.83. The van der Waals surface area contributed by atoms with Crippen molar-refractivity contribution in [3.8, 4) is 44.5 Å². The first kappa shape index (κ1) is 33.2. The summed E-state index contributed by atoms with van der Waals surface area (Å²) < 4.78 is 0. The molecule has 0 heteroatoms. The van der Waals surface area contributed by atoms with Crippen LogP contribution < -0.4 is 0 Å². The Morgan fingerprint density at radius 2 is 0.569 bits per heavy atom. The fraction of sp³-hybridized carbons (Fsp3) is 0.0690. The first-order valence-electron chi connectivity index (χ1n) is 20.5. The van der Waals surface area contributed by atoms with Gasteiger partial charge in [-0.15, -0.1) is 0 Å². The van der Waals surface area contributed by atoms with E-state index in [0.29, 0.717) is 0 Å². The number of hydrogen-bond donors (Lipinski definition) is 0. The minimum absolute atomic E-state index is 0.0574. The van der Waals surface area contributed by atoms with Gasteiger partial charge in [0, 0.05) is 0 Å². The van der Waals surface area contributed by atoms with Crippen molar-refractivity contribution >= 4 is 75.4 Å². The van der Waals surface area contributed by atoms with Gasteiger partial charge in [0.2, 0.25) is 0 Å². The van der Waals surface area contributed by atoms with E-state index < -0.39 is 0 Å². The van der Waals surface area contributed by atoms with E-state index in [2.05, 4.69) is 209 Å². The molecule has 0 spiro atoms. The Balaban J connectivity index is 1.33. The van der Waals surface area contributed by atoms with Crippen molar-refractivity contribution in [3.05, 3.63) is 194 Å². The summed E-state index contributed by atoms with van der Waals surface area (Å²) in [7, 11) is 0. The van der Waals surface area contributed by atoms with Crippen LogP contribution in [0.3, 0.4) is 0 Å². The highest BCUT2D eigenvalue weighted by Gasteiger charge is 2.26. The molecule has 0 aliphatic carbocycles. The average Bonchev–Trinajstić information content (AvgIpc) is 3.78. The van der Waals surface area contributed by atoms with Crippen molar-refractivity contribution in [3.63, 3.8) is 0 Å². The smallest absolute Gasteiger partial charge is 0.00137 e. The highest BCUT2D eigenvalue weighted by atomic mass is 14.3. The van der Waals surface area contributed by atoms with Gasteiger partial charge in [0.25, 0.3) is 0 Å². The van der Waals surface area contributed by atoms with Crippen molar-refractivity contribution in [2.45, 2.75) is 26.2 Å². The van der Waals surface area contributed by atoms with Crippen LogP contribution in [0.2, 0.25) is 0 Å². The second-order valence-electron chi connectivity index (χ2n) is 17.2. The molecular weight excluding hydrogens is 697 g/mol. The summed E-state index contributed by atoms with van der Waals surface area (Å²) in [6.45, 7) is 7.07. The van der Waals surface area contributed by atoms with Gasteiger partial charge in [0.1, 0.15) is 0 Å². The Labute approximate surface area is 338 Å². The van der Waals surface area contributed by atoms with Gasteiger partial charge in [-0.2, -0.15) is 0 Å². The van der Waals surface area contributed by atoms with Gasteiger partial charge < -0.3 is 0 Å². The first-order valence-corrected chi connectivity index (χ1v) is 20.5. The third-order valence-electron chi connectivity index (χ3n) is 12.9. The van der Waals surface area contributed by atoms with E-state index in [1.54, 1.807) is 0 Å². The number of fused-ring (bicyclic) bond motifs is 9. The first-order chi connectivity index (χ1) is 28.4. The van der Waals surface area contributed by atoms with Crippen LogP contribution in [0.5, 0.6) is 0 Å². The molecule has 0 fully saturated rings. The van der Waals surface area contributed by atoms with Crippen LogP contribution in [0.25, 0.3) is 120 Å². The van der Waals surface area contributed by atoms with E-state index >= 15 is 0 Å². The lowest BCUT2D eigenvalue weighted by Crippen LogP contribution is -2.10. The maximum Gasteiger partial charge on any atom is -0.00137 e. The van der Waals surface area contributed by atoms with Crippen LogP contribution in [0.1, 0.15) is 26.3 Å². The van der Waals surface area contributed by atoms with Gasteiger partial charge in [0.15, 0.2) is 0 Å². The quantitative estimate of drug-likeness (QED) is 0.158. The minimum Gasteiger partial charge on any atom is -0.0622 e. The summed E-state index contributed by atoms with van der Waals surface area (Å²) in [6.07, 6.45) is 0. The molecular formula is C58H40. The normalized spacial score (nSPS) is 12.4. The Morgan fingerprint density at radius 3 is 0.983 bits per heavy atom. The Kier molecular flexibility index (Phi) is 7.00. The fourth-order valence-electron chi connectivity index (χ4n) is 10.2. The Morgan fingerprint density at radius 1 is 0.241 bits per heavy atom. The third-order valence-corrected chi connectivity index (χ3v) is 12.9. The molecule has 0 saturated carbocycles. The molecule has 0 aliphatic heterocycles. The van der Waals surface area contributed by atoms with Crippen LogP contribution in [0, 0.1) is 0 Å². The van der Waals surface area contributed by atoms with Gasteiger partial charge in [-0.25, -0.2) is 0 Å². The minimum atomic E-state index is -0.0574. The largest absolute Gasteiger partial charge is 0.0622 e. The predicted octanol–water partition coefficient (Wildman–Crippen LogP) is 16.6. The van der Waals surface area contributed by atoms with Crippen molar-refractivity contribution in [2.75, 3.05) is 0 Å². The van der Waals surface area contributed by atoms with Gasteiger partial charge >= 0.3 is 0 Å². The maximum atomic E-state index is 2.56. The second kappa shape index (κ2) is 12.2. The van der Waals surface area contributed by atoms with Gasteiger partial charge in [-0.3, -0.25) is 0 Å². The maximum absolute atomic E-state index is 2.56. The summed E-state index contributed by atoms with van der Waals surface area (Å²) in [5.41, 5.74) is 11.4. The Hall–Kier alpha value is -7.02. The van der Waals surface area contributed by atoms with Crippen LogP contribution in [0.15, 0.2) is 188 Å². The molecule has 0 N–H and O–H groups in total. The number of benzene rings is 10. The van der Waals surface area contributed by atoms with Crippen molar-refractivity contribution in [2.24, 2.45) is 0 Å². The molecule has 12 rings (SSSR count). The van der Waals surface area contributed by atoms with Crippen LogP contribution in [-0.4, -0.2) is 0 Å². The summed E-state index contributed by atoms with van der Waals surface area (Å²) in [5, 5.41) is 18.7. The lowest BCUT2D eigenvalue weighted by molar-refractivity contribution is 0.592. The molecule has 0 amide bonds. The molecule has 0 nitrogen and oxygen atoms in total. The monoisotopic (exact) mass is 736 g/mol. The molecule has 0 heterocycles. The zero-order valence-corrected chi connectivity index (χ0v) is 32.9. The SMILES string of the molecule is CC(C)(C)c1cc2c3cc4c5c(-c6ccccc6)ccc(-c6ccccc6)c5c5cccc(c3cc3c6c(-c7ccccc7)ccc(-c7ccccc7)c6c(c1)c23)c54. The predicted molar refractivity (Wildman–Crippen MR) is 252 cm³/mol. The fourth-order valence-corrected chi connectivity index (χ4v) is 10.2. The molecule has 0 bridgehead atoms. The van der Waals surface area contributed by atoms with E-state index in [9.17, 15) is 0 Å². The molecule has 0 unspecified atom stereocenters. The van der Waals surface area contributed by atoms with Gasteiger partial charge in [-0.1, -0.05) is 185 Å². The van der Waals surface area contributed by atoms with Gasteiger partial charge in [0.05, 0.1) is 0 Å². The summed E-state index contributed by atoms with van der Waals surface area (Å²) in [6, 6.07) is 70.5. The molecule has 12 aromatic rings. The topological polar surface area (TPSA) is 0 Å². The number of rotatable bonds is 4. The van der Waals surface area contributed by atoms with E-state index in [0.717, 1.165) is 0 Å². The molecule has 272 valence electrons. The summed E-state index contributed by atoms with van der Waals surface area (Å²) >= 11 is 0. The highest BCUT2D eigenvalue weighted by Crippen LogP contribution is 2.53. The second-order valence-corrected chi connectivity index (χ2v) is 17.2. The van der Waals surface area contributed by atoms with Crippen molar-refractivity contribution < 1.29 is 0 Å². The van der Waals surface area contributed by atoms with E-state index in [4.69, 9.17) is 0 Å². The molecule has 12 aromatic carbocycles. The van der Waals surface area contributed by atoms with Crippen LogP contribution in [-0.2, 0) is 5.41 Å². The third kappa shape index (κ3) is 4.69. The highest BCUT2D eigenvalue weighted by molar-refractivity contribution is 6.44. The average molecular weight is 737 g/mol. The summed E-state index contributed by atoms with van der Waals surface area (Å²) in [4.78, 5) is 0. The molecule has 58 heavy (non-hydrogen) atoms.